The van der Waals surface area contributed by atoms with Crippen molar-refractivity contribution in [3.05, 3.63) is 29.6 Å². The van der Waals surface area contributed by atoms with Gasteiger partial charge in [0.2, 0.25) is 0 Å². The highest BCUT2D eigenvalue weighted by molar-refractivity contribution is 5.54. The maximum absolute atomic E-state index is 13.6. The molecule has 0 aliphatic rings. The second kappa shape index (κ2) is 6.57. The Hall–Kier alpha value is -1.13. The number of ether oxygens (including phenoxy) is 1. The number of hydrogen-bond donors (Lipinski definition) is 1. The Morgan fingerprint density at radius 1 is 1.47 bits per heavy atom. The summed E-state index contributed by atoms with van der Waals surface area (Å²) in [5, 5.41) is 9.61. The van der Waals surface area contributed by atoms with E-state index in [9.17, 15) is 9.50 Å². The van der Waals surface area contributed by atoms with Crippen LogP contribution in [0.4, 0.5) is 10.1 Å². The van der Waals surface area contributed by atoms with Crippen molar-refractivity contribution in [2.24, 2.45) is 0 Å². The Morgan fingerprint density at radius 3 is 2.76 bits per heavy atom. The number of halogens is 1. The Morgan fingerprint density at radius 2 is 2.18 bits per heavy atom. The molecule has 1 aromatic carbocycles. The minimum atomic E-state index is -0.809. The summed E-state index contributed by atoms with van der Waals surface area (Å²) in [6, 6.07) is 4.84. The molecule has 1 rings (SSSR count). The van der Waals surface area contributed by atoms with Gasteiger partial charge in [0, 0.05) is 38.6 Å². The van der Waals surface area contributed by atoms with Crippen LogP contribution in [0.25, 0.3) is 0 Å². The summed E-state index contributed by atoms with van der Waals surface area (Å²) in [4.78, 5) is 1.93. The maximum Gasteiger partial charge on any atom is 0.131 e. The second-order valence-corrected chi connectivity index (χ2v) is 4.12. The highest BCUT2D eigenvalue weighted by Crippen LogP contribution is 2.28. The Balaban J connectivity index is 2.85. The molecule has 3 nitrogen and oxygen atoms in total. The molecule has 0 saturated heterocycles. The molecule has 0 fully saturated rings. The monoisotopic (exact) mass is 241 g/mol. The first kappa shape index (κ1) is 13.9. The van der Waals surface area contributed by atoms with Crippen LogP contribution < -0.4 is 4.90 Å². The summed E-state index contributed by atoms with van der Waals surface area (Å²) in [5.74, 6) is -0.365. The Kier molecular flexibility index (Phi) is 5.38. The minimum Gasteiger partial charge on any atom is -0.389 e. The molecule has 0 aromatic heterocycles. The zero-order chi connectivity index (χ0) is 12.8. The summed E-state index contributed by atoms with van der Waals surface area (Å²) < 4.78 is 18.6. The highest BCUT2D eigenvalue weighted by Gasteiger charge is 2.15. The van der Waals surface area contributed by atoms with Crippen molar-refractivity contribution in [1.82, 2.24) is 0 Å². The standard InChI is InChI=1S/C13H20FNO2/c1-10(16)13-11(14)6-4-7-12(13)15(2)8-5-9-17-3/h4,6-7,10,16H,5,8-9H2,1-3H3/t10-/m0/s1. The zero-order valence-electron chi connectivity index (χ0n) is 10.6. The lowest BCUT2D eigenvalue weighted by Crippen LogP contribution is -2.22. The first-order chi connectivity index (χ1) is 8.07. The molecular weight excluding hydrogens is 221 g/mol. The van der Waals surface area contributed by atoms with Crippen LogP contribution in [0.5, 0.6) is 0 Å². The first-order valence-corrected chi connectivity index (χ1v) is 5.74. The molecule has 0 bridgehead atoms. The molecule has 0 saturated carbocycles. The van der Waals surface area contributed by atoms with E-state index in [1.807, 2.05) is 18.0 Å². The van der Waals surface area contributed by atoms with Crippen molar-refractivity contribution in [1.29, 1.82) is 0 Å². The molecule has 96 valence electrons. The first-order valence-electron chi connectivity index (χ1n) is 5.74. The smallest absolute Gasteiger partial charge is 0.131 e. The number of anilines is 1. The zero-order valence-corrected chi connectivity index (χ0v) is 10.6. The third-order valence-electron chi connectivity index (χ3n) is 2.70. The van der Waals surface area contributed by atoms with E-state index in [4.69, 9.17) is 4.74 Å². The molecular formula is C13H20FNO2. The number of nitrogens with zero attached hydrogens (tertiary/aromatic N) is 1. The lowest BCUT2D eigenvalue weighted by Gasteiger charge is -2.23. The number of benzene rings is 1. The normalized spacial score (nSPS) is 12.5. The topological polar surface area (TPSA) is 32.7 Å². The van der Waals surface area contributed by atoms with Gasteiger partial charge in [0.1, 0.15) is 5.82 Å². The van der Waals surface area contributed by atoms with E-state index in [1.165, 1.54) is 6.07 Å². The van der Waals surface area contributed by atoms with Crippen LogP contribution in [0.15, 0.2) is 18.2 Å². The number of methoxy groups -OCH3 is 1. The van der Waals surface area contributed by atoms with Gasteiger partial charge >= 0.3 is 0 Å². The van der Waals surface area contributed by atoms with Crippen LogP contribution in [-0.4, -0.2) is 32.4 Å². The van der Waals surface area contributed by atoms with Gasteiger partial charge in [0.25, 0.3) is 0 Å². The predicted octanol–water partition coefficient (Wildman–Crippen LogP) is 2.35. The van der Waals surface area contributed by atoms with Crippen LogP contribution in [0.1, 0.15) is 25.0 Å². The molecule has 1 atom stereocenters. The molecule has 1 aromatic rings. The molecule has 1 N–H and O–H groups in total. The number of hydrogen-bond acceptors (Lipinski definition) is 3. The van der Waals surface area contributed by atoms with Crippen molar-refractivity contribution in [2.45, 2.75) is 19.4 Å². The maximum atomic E-state index is 13.6. The highest BCUT2D eigenvalue weighted by atomic mass is 19.1. The summed E-state index contributed by atoms with van der Waals surface area (Å²) in [5.41, 5.74) is 1.09. The quantitative estimate of drug-likeness (QED) is 0.776. The van der Waals surface area contributed by atoms with Gasteiger partial charge in [-0.25, -0.2) is 4.39 Å². The van der Waals surface area contributed by atoms with E-state index in [0.717, 1.165) is 18.7 Å². The third-order valence-corrected chi connectivity index (χ3v) is 2.70. The van der Waals surface area contributed by atoms with Crippen molar-refractivity contribution < 1.29 is 14.2 Å². The van der Waals surface area contributed by atoms with Crippen molar-refractivity contribution in [2.75, 3.05) is 32.2 Å². The van der Waals surface area contributed by atoms with Crippen molar-refractivity contribution in [3.63, 3.8) is 0 Å². The fourth-order valence-electron chi connectivity index (χ4n) is 1.84. The van der Waals surface area contributed by atoms with Crippen LogP contribution in [-0.2, 0) is 4.74 Å². The average molecular weight is 241 g/mol. The van der Waals surface area contributed by atoms with Gasteiger partial charge in [-0.3, -0.25) is 0 Å². The van der Waals surface area contributed by atoms with Crippen LogP contribution in [0.2, 0.25) is 0 Å². The van der Waals surface area contributed by atoms with E-state index in [-0.39, 0.29) is 5.82 Å². The van der Waals surface area contributed by atoms with E-state index in [2.05, 4.69) is 0 Å². The van der Waals surface area contributed by atoms with Gasteiger partial charge in [-0.2, -0.15) is 0 Å². The van der Waals surface area contributed by atoms with Crippen LogP contribution in [0.3, 0.4) is 0 Å². The molecule has 0 aliphatic carbocycles. The molecule has 0 unspecified atom stereocenters. The van der Waals surface area contributed by atoms with Gasteiger partial charge in [-0.15, -0.1) is 0 Å². The molecule has 4 heteroatoms. The molecule has 0 amide bonds. The van der Waals surface area contributed by atoms with Crippen molar-refractivity contribution in [3.8, 4) is 0 Å². The molecule has 0 heterocycles. The van der Waals surface area contributed by atoms with E-state index in [1.54, 1.807) is 20.1 Å². The largest absolute Gasteiger partial charge is 0.389 e. The predicted molar refractivity (Wildman–Crippen MR) is 66.8 cm³/mol. The molecule has 0 aliphatic heterocycles. The number of aliphatic hydroxyl groups is 1. The van der Waals surface area contributed by atoms with Gasteiger partial charge in [-0.05, 0) is 25.5 Å². The van der Waals surface area contributed by atoms with E-state index >= 15 is 0 Å². The van der Waals surface area contributed by atoms with E-state index < -0.39 is 6.10 Å². The minimum absolute atomic E-state index is 0.354. The van der Waals surface area contributed by atoms with Crippen molar-refractivity contribution >= 4 is 5.69 Å². The summed E-state index contributed by atoms with van der Waals surface area (Å²) in [7, 11) is 3.54. The summed E-state index contributed by atoms with van der Waals surface area (Å²) >= 11 is 0. The third kappa shape index (κ3) is 3.68. The van der Waals surface area contributed by atoms with Crippen LogP contribution in [0, 0.1) is 5.82 Å². The Labute approximate surface area is 102 Å². The number of aliphatic hydroxyl groups excluding tert-OH is 1. The average Bonchev–Trinajstić information content (AvgIpc) is 2.28. The fourth-order valence-corrected chi connectivity index (χ4v) is 1.84. The summed E-state index contributed by atoms with van der Waals surface area (Å²) in [6.45, 7) is 3.01. The fraction of sp³-hybridized carbons (Fsp3) is 0.538. The summed E-state index contributed by atoms with van der Waals surface area (Å²) in [6.07, 6.45) is 0.0547. The number of rotatable bonds is 6. The molecule has 0 radical (unpaired) electrons. The lowest BCUT2D eigenvalue weighted by atomic mass is 10.1. The van der Waals surface area contributed by atoms with Gasteiger partial charge in [0.15, 0.2) is 0 Å². The molecule has 17 heavy (non-hydrogen) atoms. The van der Waals surface area contributed by atoms with Crippen LogP contribution >= 0.6 is 0 Å². The Bertz CT molecular complexity index is 355. The SMILES string of the molecule is COCCCN(C)c1cccc(F)c1[C@H](C)O. The second-order valence-electron chi connectivity index (χ2n) is 4.12. The van der Waals surface area contributed by atoms with Gasteiger partial charge in [0.05, 0.1) is 6.10 Å². The molecule has 0 spiro atoms. The lowest BCUT2D eigenvalue weighted by molar-refractivity contribution is 0.193. The van der Waals surface area contributed by atoms with E-state index in [0.29, 0.717) is 12.2 Å². The van der Waals surface area contributed by atoms with Gasteiger partial charge in [-0.1, -0.05) is 6.07 Å². The van der Waals surface area contributed by atoms with Gasteiger partial charge < -0.3 is 14.7 Å².